The minimum absolute atomic E-state index is 0.181. The van der Waals surface area contributed by atoms with Crippen LogP contribution >= 0.6 is 0 Å². The van der Waals surface area contributed by atoms with Crippen LogP contribution in [0.2, 0.25) is 0 Å². The van der Waals surface area contributed by atoms with Crippen LogP contribution in [0.25, 0.3) is 0 Å². The van der Waals surface area contributed by atoms with E-state index >= 15 is 0 Å². The third-order valence-corrected chi connectivity index (χ3v) is 2.94. The van der Waals surface area contributed by atoms with E-state index < -0.39 is 0 Å². The number of nitrogens with two attached hydrogens (primary N) is 1. The number of hydrogen-bond donors (Lipinski definition) is 2. The summed E-state index contributed by atoms with van der Waals surface area (Å²) in [6, 6.07) is 5.12. The molecule has 7 heteroatoms. The molecule has 0 atom stereocenters. The molecular formula is C12H15N5O2. The smallest absolute Gasteiger partial charge is 0.261 e. The van der Waals surface area contributed by atoms with Gasteiger partial charge in [-0.15, -0.1) is 0 Å². The first-order valence-corrected chi connectivity index (χ1v) is 5.77. The molecule has 0 radical (unpaired) electrons. The lowest BCUT2D eigenvalue weighted by Crippen LogP contribution is -2.30. The van der Waals surface area contributed by atoms with Crippen LogP contribution in [-0.4, -0.2) is 25.4 Å². The Bertz CT molecular complexity index is 656. The zero-order valence-electron chi connectivity index (χ0n) is 10.5. The topological polar surface area (TPSA) is 98.4 Å². The highest BCUT2D eigenvalue weighted by Crippen LogP contribution is 2.00. The van der Waals surface area contributed by atoms with E-state index in [1.165, 1.54) is 10.6 Å². The zero-order chi connectivity index (χ0) is 13.8. The number of rotatable bonds is 4. The Morgan fingerprint density at radius 1 is 1.53 bits per heavy atom. The van der Waals surface area contributed by atoms with E-state index in [0.717, 1.165) is 5.69 Å². The van der Waals surface area contributed by atoms with Gasteiger partial charge in [0.2, 0.25) is 0 Å². The summed E-state index contributed by atoms with van der Waals surface area (Å²) in [7, 11) is 1.85. The van der Waals surface area contributed by atoms with Crippen molar-refractivity contribution < 1.29 is 5.21 Å². The van der Waals surface area contributed by atoms with Crippen molar-refractivity contribution in [3.05, 3.63) is 52.2 Å². The van der Waals surface area contributed by atoms with Crippen LogP contribution in [0.5, 0.6) is 0 Å². The van der Waals surface area contributed by atoms with Crippen LogP contribution < -0.4 is 11.3 Å². The van der Waals surface area contributed by atoms with Crippen molar-refractivity contribution >= 4 is 5.84 Å². The summed E-state index contributed by atoms with van der Waals surface area (Å²) in [5.74, 6) is -0.181. The van der Waals surface area contributed by atoms with Crippen molar-refractivity contribution in [1.82, 2.24) is 14.3 Å². The monoisotopic (exact) mass is 261 g/mol. The zero-order valence-corrected chi connectivity index (χ0v) is 10.5. The highest BCUT2D eigenvalue weighted by Gasteiger charge is 2.08. The lowest BCUT2D eigenvalue weighted by molar-refractivity contribution is 0.318. The van der Waals surface area contributed by atoms with Gasteiger partial charge < -0.3 is 15.5 Å². The van der Waals surface area contributed by atoms with E-state index in [-0.39, 0.29) is 17.0 Å². The van der Waals surface area contributed by atoms with Crippen LogP contribution in [0.1, 0.15) is 11.3 Å². The Morgan fingerprint density at radius 3 is 2.95 bits per heavy atom. The van der Waals surface area contributed by atoms with Gasteiger partial charge in [0.1, 0.15) is 0 Å². The molecule has 0 fully saturated rings. The molecule has 3 N–H and O–H groups in total. The van der Waals surface area contributed by atoms with Crippen molar-refractivity contribution in [2.24, 2.45) is 17.9 Å². The Balaban J connectivity index is 2.22. The summed E-state index contributed by atoms with van der Waals surface area (Å²) in [4.78, 5) is 12.1. The van der Waals surface area contributed by atoms with Gasteiger partial charge in [-0.25, -0.2) is 0 Å². The van der Waals surface area contributed by atoms with E-state index in [4.69, 9.17) is 10.9 Å². The maximum atomic E-state index is 12.1. The van der Waals surface area contributed by atoms with Gasteiger partial charge in [0.15, 0.2) is 5.84 Å². The maximum absolute atomic E-state index is 12.1. The van der Waals surface area contributed by atoms with Gasteiger partial charge in [-0.3, -0.25) is 9.48 Å². The third-order valence-electron chi connectivity index (χ3n) is 2.94. The van der Waals surface area contributed by atoms with Gasteiger partial charge in [0, 0.05) is 38.1 Å². The molecule has 0 aliphatic carbocycles. The lowest BCUT2D eigenvalue weighted by atomic mass is 10.2. The van der Waals surface area contributed by atoms with Gasteiger partial charge >= 0.3 is 0 Å². The summed E-state index contributed by atoms with van der Waals surface area (Å²) in [5.41, 5.74) is 6.39. The molecule has 0 aliphatic heterocycles. The molecule has 0 aliphatic rings. The third kappa shape index (κ3) is 2.65. The fourth-order valence-corrected chi connectivity index (χ4v) is 1.84. The summed E-state index contributed by atoms with van der Waals surface area (Å²) < 4.78 is 3.29. The molecule has 0 amide bonds. The largest absolute Gasteiger partial charge is 0.409 e. The van der Waals surface area contributed by atoms with E-state index in [9.17, 15) is 4.79 Å². The number of hydrogen-bond acceptors (Lipinski definition) is 4. The molecule has 7 nitrogen and oxygen atoms in total. The summed E-state index contributed by atoms with van der Waals surface area (Å²) in [6.45, 7) is 0.505. The van der Waals surface area contributed by atoms with E-state index in [2.05, 4.69) is 10.3 Å². The van der Waals surface area contributed by atoms with Crippen LogP contribution in [0.15, 0.2) is 40.5 Å². The van der Waals surface area contributed by atoms with Gasteiger partial charge in [-0.05, 0) is 18.2 Å². The number of aromatic nitrogens is 3. The van der Waals surface area contributed by atoms with Crippen LogP contribution in [0, 0.1) is 0 Å². The van der Waals surface area contributed by atoms with Gasteiger partial charge in [-0.1, -0.05) is 5.16 Å². The second-order valence-electron chi connectivity index (χ2n) is 4.10. The predicted octanol–water partition coefficient (Wildman–Crippen LogP) is -0.0810. The predicted molar refractivity (Wildman–Crippen MR) is 70.1 cm³/mol. The highest BCUT2D eigenvalue weighted by atomic mass is 16.4. The van der Waals surface area contributed by atoms with Crippen molar-refractivity contribution in [3.63, 3.8) is 0 Å². The first-order valence-electron chi connectivity index (χ1n) is 5.77. The second kappa shape index (κ2) is 5.38. The molecule has 0 saturated carbocycles. The van der Waals surface area contributed by atoms with Crippen LogP contribution in [0.4, 0.5) is 0 Å². The van der Waals surface area contributed by atoms with Crippen molar-refractivity contribution in [2.75, 3.05) is 0 Å². The molecule has 2 aromatic heterocycles. The van der Waals surface area contributed by atoms with Gasteiger partial charge in [0.05, 0.1) is 5.56 Å². The molecule has 0 spiro atoms. The first kappa shape index (κ1) is 12.9. The van der Waals surface area contributed by atoms with Crippen molar-refractivity contribution in [2.45, 2.75) is 13.0 Å². The highest BCUT2D eigenvalue weighted by molar-refractivity contribution is 5.96. The lowest BCUT2D eigenvalue weighted by Gasteiger charge is -2.07. The average Bonchev–Trinajstić information content (AvgIpc) is 2.82. The fraction of sp³-hybridized carbons (Fsp3) is 0.250. The van der Waals surface area contributed by atoms with Crippen LogP contribution in [0.3, 0.4) is 0 Å². The fourth-order valence-electron chi connectivity index (χ4n) is 1.84. The van der Waals surface area contributed by atoms with E-state index in [0.29, 0.717) is 13.0 Å². The minimum Gasteiger partial charge on any atom is -0.409 e. The molecule has 2 rings (SSSR count). The van der Waals surface area contributed by atoms with E-state index in [1.54, 1.807) is 23.1 Å². The Labute approximate surface area is 109 Å². The Hall–Kier alpha value is -2.57. The standard InChI is InChI=1S/C12H15N5O2/c1-16-9(4-6-14-16)5-8-17-7-2-3-10(12(17)18)11(13)15-19/h2-4,6-7,19H,5,8H2,1H3,(H2,13,15). The first-order chi connectivity index (χ1) is 9.13. The number of nitrogens with zero attached hydrogens (tertiary/aromatic N) is 4. The quantitative estimate of drug-likeness (QED) is 0.348. The molecule has 0 aromatic carbocycles. The number of aryl methyl sites for hydroxylation is 3. The normalized spacial score (nSPS) is 11.7. The molecule has 100 valence electrons. The molecule has 2 aromatic rings. The summed E-state index contributed by atoms with van der Waals surface area (Å²) in [5, 5.41) is 15.5. The summed E-state index contributed by atoms with van der Waals surface area (Å²) >= 11 is 0. The SMILES string of the molecule is Cn1nccc1CCn1cccc(/C(N)=N/O)c1=O. The van der Waals surface area contributed by atoms with E-state index in [1.807, 2.05) is 13.1 Å². The average molecular weight is 261 g/mol. The van der Waals surface area contributed by atoms with Crippen molar-refractivity contribution in [1.29, 1.82) is 0 Å². The number of pyridine rings is 1. The molecule has 2 heterocycles. The summed E-state index contributed by atoms with van der Waals surface area (Å²) in [6.07, 6.45) is 4.06. The van der Waals surface area contributed by atoms with Gasteiger partial charge in [0.25, 0.3) is 5.56 Å². The number of amidine groups is 1. The molecular weight excluding hydrogens is 246 g/mol. The van der Waals surface area contributed by atoms with Crippen LogP contribution in [-0.2, 0) is 20.0 Å². The molecule has 19 heavy (non-hydrogen) atoms. The Morgan fingerprint density at radius 2 is 2.32 bits per heavy atom. The van der Waals surface area contributed by atoms with Gasteiger partial charge in [-0.2, -0.15) is 5.10 Å². The minimum atomic E-state index is -0.278. The number of oxime groups is 1. The van der Waals surface area contributed by atoms with Crippen molar-refractivity contribution in [3.8, 4) is 0 Å². The molecule has 0 saturated heterocycles. The maximum Gasteiger partial charge on any atom is 0.261 e. The second-order valence-corrected chi connectivity index (χ2v) is 4.10. The Kier molecular flexibility index (Phi) is 3.65. The molecule has 0 bridgehead atoms. The molecule has 0 unspecified atom stereocenters.